The maximum atomic E-state index is 11.9. The molecule has 0 spiro atoms. The summed E-state index contributed by atoms with van der Waals surface area (Å²) >= 11 is 0. The van der Waals surface area contributed by atoms with Crippen LogP contribution in [0.15, 0.2) is 0 Å². The quantitative estimate of drug-likeness (QED) is 0.0541. The number of ether oxygens (including phenoxy) is 2. The van der Waals surface area contributed by atoms with E-state index in [0.29, 0.717) is 26.1 Å². The number of rotatable bonds is 35. The molecule has 0 bridgehead atoms. The normalized spacial score (nSPS) is 11.2. The Balaban J connectivity index is 3.20. The molecule has 0 fully saturated rings. The van der Waals surface area contributed by atoms with Gasteiger partial charge in [0.25, 0.3) is 0 Å². The third-order valence-corrected chi connectivity index (χ3v) is 8.53. The topological polar surface area (TPSA) is 52.6 Å². The van der Waals surface area contributed by atoms with Gasteiger partial charge in [0.1, 0.15) is 0 Å². The van der Waals surface area contributed by atoms with Gasteiger partial charge in [-0.05, 0) is 25.7 Å². The number of unbranched alkanes of at least 4 members (excludes halogenated alkanes) is 27. The maximum absolute atomic E-state index is 11.9. The molecule has 0 aromatic rings. The van der Waals surface area contributed by atoms with E-state index in [0.717, 1.165) is 38.5 Å². The first-order valence-electron chi connectivity index (χ1n) is 19.0. The van der Waals surface area contributed by atoms with Gasteiger partial charge in [-0.15, -0.1) is 0 Å². The molecule has 0 atom stereocenters. The molecule has 0 radical (unpaired) electrons. The number of carbonyl (C=O) groups is 2. The molecule has 0 aliphatic carbocycles. The average Bonchev–Trinajstić information content (AvgIpc) is 2.99. The molecular weight excluding hydrogens is 520 g/mol. The molecular formula is C38H74O4. The van der Waals surface area contributed by atoms with Crippen LogP contribution in [0.5, 0.6) is 0 Å². The summed E-state index contributed by atoms with van der Waals surface area (Å²) in [5, 5.41) is 0. The highest BCUT2D eigenvalue weighted by molar-refractivity contribution is 5.69. The van der Waals surface area contributed by atoms with Crippen LogP contribution in [0.2, 0.25) is 0 Å². The van der Waals surface area contributed by atoms with Gasteiger partial charge in [0, 0.05) is 12.8 Å². The zero-order chi connectivity index (χ0) is 30.6. The van der Waals surface area contributed by atoms with Crippen molar-refractivity contribution in [1.29, 1.82) is 0 Å². The molecule has 0 saturated carbocycles. The second-order valence-corrected chi connectivity index (χ2v) is 12.8. The molecule has 0 saturated heterocycles. The molecule has 4 heteroatoms. The number of hydrogen-bond donors (Lipinski definition) is 0. The number of esters is 2. The Bertz CT molecular complexity index is 499. The Labute approximate surface area is 263 Å². The Kier molecular flexibility index (Phi) is 35.2. The predicted octanol–water partition coefficient (Wildman–Crippen LogP) is 12.6. The third kappa shape index (κ3) is 35.1. The van der Waals surface area contributed by atoms with Gasteiger partial charge < -0.3 is 9.47 Å². The molecule has 0 unspecified atom stereocenters. The summed E-state index contributed by atoms with van der Waals surface area (Å²) in [6, 6.07) is 0. The molecule has 0 aliphatic heterocycles. The SMILES string of the molecule is CCCCCCCCCCOC(=O)CCCCCCCCCCCCCCCCC(=O)OCCCCCCCCCC. The highest BCUT2D eigenvalue weighted by Gasteiger charge is 2.04. The van der Waals surface area contributed by atoms with E-state index in [2.05, 4.69) is 13.8 Å². The minimum atomic E-state index is 0.00444. The molecule has 42 heavy (non-hydrogen) atoms. The van der Waals surface area contributed by atoms with Crippen molar-refractivity contribution in [2.45, 2.75) is 219 Å². The lowest BCUT2D eigenvalue weighted by molar-refractivity contribution is -0.144. The summed E-state index contributed by atoms with van der Waals surface area (Å²) in [5.41, 5.74) is 0. The first-order valence-corrected chi connectivity index (χ1v) is 19.0. The van der Waals surface area contributed by atoms with Crippen LogP contribution in [-0.4, -0.2) is 25.2 Å². The van der Waals surface area contributed by atoms with Crippen molar-refractivity contribution in [1.82, 2.24) is 0 Å². The molecule has 0 N–H and O–H groups in total. The van der Waals surface area contributed by atoms with Crippen molar-refractivity contribution in [3.8, 4) is 0 Å². The van der Waals surface area contributed by atoms with Crippen LogP contribution in [0.3, 0.4) is 0 Å². The maximum Gasteiger partial charge on any atom is 0.305 e. The Morgan fingerprint density at radius 3 is 0.786 bits per heavy atom. The summed E-state index contributed by atoms with van der Waals surface area (Å²) in [6.07, 6.45) is 39.1. The second-order valence-electron chi connectivity index (χ2n) is 12.8. The monoisotopic (exact) mass is 595 g/mol. The molecule has 0 heterocycles. The minimum Gasteiger partial charge on any atom is -0.466 e. The first kappa shape index (κ1) is 40.9. The lowest BCUT2D eigenvalue weighted by Gasteiger charge is -2.06. The smallest absolute Gasteiger partial charge is 0.305 e. The van der Waals surface area contributed by atoms with Crippen LogP contribution in [-0.2, 0) is 19.1 Å². The van der Waals surface area contributed by atoms with Gasteiger partial charge in [0.05, 0.1) is 13.2 Å². The van der Waals surface area contributed by atoms with E-state index >= 15 is 0 Å². The Hall–Kier alpha value is -1.06. The van der Waals surface area contributed by atoms with Gasteiger partial charge >= 0.3 is 11.9 Å². The molecule has 4 nitrogen and oxygen atoms in total. The molecule has 0 aromatic carbocycles. The summed E-state index contributed by atoms with van der Waals surface area (Å²) in [6.45, 7) is 5.74. The second kappa shape index (κ2) is 36.1. The number of carbonyl (C=O) groups excluding carboxylic acids is 2. The largest absolute Gasteiger partial charge is 0.466 e. The van der Waals surface area contributed by atoms with Crippen molar-refractivity contribution in [2.24, 2.45) is 0 Å². The van der Waals surface area contributed by atoms with Gasteiger partial charge in [-0.25, -0.2) is 0 Å². The zero-order valence-electron chi connectivity index (χ0n) is 28.7. The van der Waals surface area contributed by atoms with Gasteiger partial charge in [-0.1, -0.05) is 181 Å². The molecule has 250 valence electrons. The fourth-order valence-electron chi connectivity index (χ4n) is 5.65. The molecule has 0 aromatic heterocycles. The summed E-state index contributed by atoms with van der Waals surface area (Å²) < 4.78 is 10.8. The van der Waals surface area contributed by atoms with Gasteiger partial charge in [-0.3, -0.25) is 9.59 Å². The fraction of sp³-hybridized carbons (Fsp3) is 0.947. The highest BCUT2D eigenvalue weighted by Crippen LogP contribution is 2.15. The van der Waals surface area contributed by atoms with Crippen LogP contribution < -0.4 is 0 Å². The van der Waals surface area contributed by atoms with Crippen LogP contribution in [0.25, 0.3) is 0 Å². The lowest BCUT2D eigenvalue weighted by atomic mass is 10.0. The van der Waals surface area contributed by atoms with Crippen molar-refractivity contribution < 1.29 is 19.1 Å². The standard InChI is InChI=1S/C38H74O4/c1-3-5-7-9-11-23-27-31-35-41-37(39)33-29-25-21-19-17-15-13-14-16-18-20-22-26-30-34-38(40)42-36-32-28-24-12-10-8-6-4-2/h3-36H2,1-2H3. The minimum absolute atomic E-state index is 0.00444. The average molecular weight is 595 g/mol. The van der Waals surface area contributed by atoms with E-state index in [1.54, 1.807) is 0 Å². The third-order valence-electron chi connectivity index (χ3n) is 8.53. The van der Waals surface area contributed by atoms with Crippen LogP contribution in [0.4, 0.5) is 0 Å². The molecule has 0 amide bonds. The van der Waals surface area contributed by atoms with Crippen LogP contribution >= 0.6 is 0 Å². The lowest BCUT2D eigenvalue weighted by Crippen LogP contribution is -2.05. The van der Waals surface area contributed by atoms with E-state index in [4.69, 9.17) is 9.47 Å². The van der Waals surface area contributed by atoms with E-state index in [1.807, 2.05) is 0 Å². The van der Waals surface area contributed by atoms with Crippen LogP contribution in [0, 0.1) is 0 Å². The zero-order valence-corrected chi connectivity index (χ0v) is 28.7. The van der Waals surface area contributed by atoms with E-state index in [1.165, 1.54) is 154 Å². The Morgan fingerprint density at radius 2 is 0.524 bits per heavy atom. The van der Waals surface area contributed by atoms with E-state index in [-0.39, 0.29) is 11.9 Å². The fourth-order valence-corrected chi connectivity index (χ4v) is 5.65. The first-order chi connectivity index (χ1) is 20.7. The summed E-state index contributed by atoms with van der Waals surface area (Å²) in [7, 11) is 0. The van der Waals surface area contributed by atoms with Crippen molar-refractivity contribution in [3.63, 3.8) is 0 Å². The molecule has 0 aliphatic rings. The summed E-state index contributed by atoms with van der Waals surface area (Å²) in [4.78, 5) is 23.7. The summed E-state index contributed by atoms with van der Waals surface area (Å²) in [5.74, 6) is 0.00888. The van der Waals surface area contributed by atoms with Crippen LogP contribution in [0.1, 0.15) is 219 Å². The van der Waals surface area contributed by atoms with Gasteiger partial charge in [0.15, 0.2) is 0 Å². The van der Waals surface area contributed by atoms with Gasteiger partial charge in [-0.2, -0.15) is 0 Å². The Morgan fingerprint density at radius 1 is 0.310 bits per heavy atom. The van der Waals surface area contributed by atoms with E-state index in [9.17, 15) is 9.59 Å². The molecule has 0 rings (SSSR count). The highest BCUT2D eigenvalue weighted by atomic mass is 16.5. The van der Waals surface area contributed by atoms with Crippen molar-refractivity contribution in [3.05, 3.63) is 0 Å². The van der Waals surface area contributed by atoms with E-state index < -0.39 is 0 Å². The van der Waals surface area contributed by atoms with Gasteiger partial charge in [0.2, 0.25) is 0 Å². The number of hydrogen-bond acceptors (Lipinski definition) is 4. The van der Waals surface area contributed by atoms with Crippen molar-refractivity contribution in [2.75, 3.05) is 13.2 Å². The van der Waals surface area contributed by atoms with Crippen molar-refractivity contribution >= 4 is 11.9 Å². The predicted molar refractivity (Wildman–Crippen MR) is 181 cm³/mol.